The van der Waals surface area contributed by atoms with Crippen molar-refractivity contribution in [1.29, 1.82) is 0 Å². The first-order valence-corrected chi connectivity index (χ1v) is 9.44. The minimum absolute atomic E-state index is 0. The molecule has 1 heterocycles. The quantitative estimate of drug-likeness (QED) is 0.833. The molecule has 1 aliphatic carbocycles. The lowest BCUT2D eigenvalue weighted by Crippen LogP contribution is -2.54. The molecule has 0 aromatic carbocycles. The Balaban J connectivity index is 0.00000220. The molecule has 2 aliphatic rings. The lowest BCUT2D eigenvalue weighted by molar-refractivity contribution is -0.138. The van der Waals surface area contributed by atoms with Crippen LogP contribution in [0.25, 0.3) is 0 Å². The fourth-order valence-corrected chi connectivity index (χ4v) is 4.85. The monoisotopic (exact) mass is 338 g/mol. The van der Waals surface area contributed by atoms with Gasteiger partial charge in [0.15, 0.2) is 9.84 Å². The number of halogens is 1. The number of carbonyl (C=O) groups is 1. The van der Waals surface area contributed by atoms with Crippen LogP contribution in [0.15, 0.2) is 0 Å². The van der Waals surface area contributed by atoms with Gasteiger partial charge in [-0.2, -0.15) is 0 Å². The van der Waals surface area contributed by atoms with Crippen LogP contribution in [-0.4, -0.2) is 56.9 Å². The van der Waals surface area contributed by atoms with Gasteiger partial charge in [0.2, 0.25) is 5.91 Å². The number of nitrogens with one attached hydrogen (secondary N) is 1. The summed E-state index contributed by atoms with van der Waals surface area (Å²) in [5.41, 5.74) is 0. The highest BCUT2D eigenvalue weighted by molar-refractivity contribution is 7.91. The summed E-state index contributed by atoms with van der Waals surface area (Å²) in [6.07, 6.45) is 4.73. The molecule has 0 aromatic rings. The number of carbonyl (C=O) groups excluding carboxylic acids is 1. The molecule has 0 bridgehead atoms. The summed E-state index contributed by atoms with van der Waals surface area (Å²) in [5.74, 6) is 0.464. The van der Waals surface area contributed by atoms with E-state index in [0.717, 1.165) is 32.4 Å². The second kappa shape index (κ2) is 7.29. The Kier molecular flexibility index (Phi) is 6.50. The van der Waals surface area contributed by atoms with E-state index in [1.165, 1.54) is 6.26 Å². The Hall–Kier alpha value is -0.330. The standard InChI is InChI=1S/C14H26N2O3S.ClH/c1-10(11-8-15-9-11)14(17)16(2)12-6-4-5-7-13(12)20(3,18)19;/h10-13,15H,4-9H2,1-3H3;1H. The molecule has 124 valence electrons. The van der Waals surface area contributed by atoms with Crippen molar-refractivity contribution in [2.24, 2.45) is 11.8 Å². The highest BCUT2D eigenvalue weighted by Gasteiger charge is 2.39. The topological polar surface area (TPSA) is 66.5 Å². The van der Waals surface area contributed by atoms with Crippen LogP contribution in [0, 0.1) is 11.8 Å². The largest absolute Gasteiger partial charge is 0.341 e. The molecule has 2 rings (SSSR count). The number of amides is 1. The molecule has 7 heteroatoms. The van der Waals surface area contributed by atoms with Gasteiger partial charge in [-0.1, -0.05) is 19.8 Å². The van der Waals surface area contributed by atoms with Crippen molar-refractivity contribution in [2.45, 2.75) is 43.9 Å². The van der Waals surface area contributed by atoms with Crippen LogP contribution in [0.1, 0.15) is 32.6 Å². The number of nitrogens with zero attached hydrogens (tertiary/aromatic N) is 1. The molecular formula is C14H27ClN2O3S. The van der Waals surface area contributed by atoms with Gasteiger partial charge < -0.3 is 10.2 Å². The fraction of sp³-hybridized carbons (Fsp3) is 0.929. The maximum Gasteiger partial charge on any atom is 0.225 e. The first-order valence-electron chi connectivity index (χ1n) is 7.48. The smallest absolute Gasteiger partial charge is 0.225 e. The molecule has 3 unspecified atom stereocenters. The summed E-state index contributed by atoms with van der Waals surface area (Å²) in [6.45, 7) is 3.74. The van der Waals surface area contributed by atoms with Gasteiger partial charge in [0.25, 0.3) is 0 Å². The van der Waals surface area contributed by atoms with Crippen LogP contribution in [-0.2, 0) is 14.6 Å². The molecule has 5 nitrogen and oxygen atoms in total. The SMILES string of the molecule is CC(C(=O)N(C)C1CCCCC1S(C)(=O)=O)C1CNC1.Cl. The van der Waals surface area contributed by atoms with E-state index in [4.69, 9.17) is 0 Å². The minimum Gasteiger partial charge on any atom is -0.341 e. The normalized spacial score (nSPS) is 28.1. The van der Waals surface area contributed by atoms with Crippen molar-refractivity contribution in [3.63, 3.8) is 0 Å². The van der Waals surface area contributed by atoms with Gasteiger partial charge in [-0.15, -0.1) is 12.4 Å². The Morgan fingerprint density at radius 2 is 1.81 bits per heavy atom. The fourth-order valence-electron chi connectivity index (χ4n) is 3.37. The Bertz CT molecular complexity index is 465. The molecule has 1 aliphatic heterocycles. The first-order chi connectivity index (χ1) is 9.32. The average molecular weight is 339 g/mol. The maximum atomic E-state index is 12.6. The number of hydrogen-bond donors (Lipinski definition) is 1. The lowest BCUT2D eigenvalue weighted by Gasteiger charge is -2.40. The molecule has 0 aromatic heterocycles. The number of sulfone groups is 1. The van der Waals surface area contributed by atoms with E-state index in [2.05, 4.69) is 5.32 Å². The van der Waals surface area contributed by atoms with E-state index in [0.29, 0.717) is 12.3 Å². The van der Waals surface area contributed by atoms with Crippen molar-refractivity contribution >= 4 is 28.2 Å². The average Bonchev–Trinajstić information content (AvgIpc) is 2.34. The van der Waals surface area contributed by atoms with E-state index < -0.39 is 15.1 Å². The summed E-state index contributed by atoms with van der Waals surface area (Å²) in [6, 6.07) is -0.151. The third-order valence-corrected chi connectivity index (χ3v) is 6.62. The lowest BCUT2D eigenvalue weighted by atomic mass is 9.86. The van der Waals surface area contributed by atoms with Gasteiger partial charge in [-0.05, 0) is 31.8 Å². The van der Waals surface area contributed by atoms with Crippen molar-refractivity contribution in [3.05, 3.63) is 0 Å². The van der Waals surface area contributed by atoms with Gasteiger partial charge >= 0.3 is 0 Å². The van der Waals surface area contributed by atoms with Gasteiger partial charge in [0, 0.05) is 25.3 Å². The van der Waals surface area contributed by atoms with Crippen LogP contribution < -0.4 is 5.32 Å². The molecule has 1 saturated heterocycles. The first kappa shape index (κ1) is 18.7. The maximum absolute atomic E-state index is 12.6. The second-order valence-electron chi connectivity index (χ2n) is 6.38. The number of rotatable bonds is 4. The molecule has 0 radical (unpaired) electrons. The summed E-state index contributed by atoms with van der Waals surface area (Å²) in [5, 5.41) is 2.79. The predicted octanol–water partition coefficient (Wildman–Crippen LogP) is 1.08. The van der Waals surface area contributed by atoms with Gasteiger partial charge in [0.05, 0.1) is 5.25 Å². The molecule has 1 N–H and O–H groups in total. The Labute approximate surface area is 134 Å². The van der Waals surface area contributed by atoms with Crippen molar-refractivity contribution in [1.82, 2.24) is 10.2 Å². The zero-order valence-electron chi connectivity index (χ0n) is 13.0. The van der Waals surface area contributed by atoms with Gasteiger partial charge in [-0.3, -0.25) is 4.79 Å². The third kappa shape index (κ3) is 4.11. The summed E-state index contributed by atoms with van der Waals surface area (Å²) >= 11 is 0. The predicted molar refractivity (Wildman–Crippen MR) is 86.4 cm³/mol. The van der Waals surface area contributed by atoms with Crippen molar-refractivity contribution in [2.75, 3.05) is 26.4 Å². The zero-order valence-corrected chi connectivity index (χ0v) is 14.7. The second-order valence-corrected chi connectivity index (χ2v) is 8.64. The molecule has 3 atom stereocenters. The van der Waals surface area contributed by atoms with Crippen LogP contribution >= 0.6 is 12.4 Å². The molecule has 0 spiro atoms. The number of hydrogen-bond acceptors (Lipinski definition) is 4. The molecule has 1 amide bonds. The molecule has 2 fully saturated rings. The summed E-state index contributed by atoms with van der Waals surface area (Å²) in [4.78, 5) is 14.3. The van der Waals surface area contributed by atoms with E-state index in [-0.39, 0.29) is 30.3 Å². The minimum atomic E-state index is -3.10. The van der Waals surface area contributed by atoms with Crippen LogP contribution in [0.5, 0.6) is 0 Å². The Morgan fingerprint density at radius 1 is 1.24 bits per heavy atom. The Morgan fingerprint density at radius 3 is 2.29 bits per heavy atom. The van der Waals surface area contributed by atoms with E-state index in [1.54, 1.807) is 11.9 Å². The highest BCUT2D eigenvalue weighted by Crippen LogP contribution is 2.29. The molecular weight excluding hydrogens is 312 g/mol. The summed E-state index contributed by atoms with van der Waals surface area (Å²) in [7, 11) is -1.32. The van der Waals surface area contributed by atoms with Crippen LogP contribution in [0.2, 0.25) is 0 Å². The third-order valence-electron chi connectivity index (χ3n) is 4.97. The van der Waals surface area contributed by atoms with Gasteiger partial charge in [-0.25, -0.2) is 8.42 Å². The van der Waals surface area contributed by atoms with E-state index >= 15 is 0 Å². The van der Waals surface area contributed by atoms with Crippen molar-refractivity contribution in [3.8, 4) is 0 Å². The highest BCUT2D eigenvalue weighted by atomic mass is 35.5. The van der Waals surface area contributed by atoms with Gasteiger partial charge in [0.1, 0.15) is 0 Å². The van der Waals surface area contributed by atoms with E-state index in [9.17, 15) is 13.2 Å². The van der Waals surface area contributed by atoms with Crippen molar-refractivity contribution < 1.29 is 13.2 Å². The summed E-state index contributed by atoms with van der Waals surface area (Å²) < 4.78 is 23.9. The van der Waals surface area contributed by atoms with Crippen LogP contribution in [0.4, 0.5) is 0 Å². The van der Waals surface area contributed by atoms with E-state index in [1.807, 2.05) is 6.92 Å². The van der Waals surface area contributed by atoms with Crippen LogP contribution in [0.3, 0.4) is 0 Å². The zero-order chi connectivity index (χ0) is 14.9. The molecule has 1 saturated carbocycles. The molecule has 21 heavy (non-hydrogen) atoms.